The molecular formula is C12H16O4. The first-order valence-electron chi connectivity index (χ1n) is 5.27. The molecule has 0 amide bonds. The van der Waals surface area contributed by atoms with E-state index < -0.39 is 0 Å². The Labute approximate surface area is 94.9 Å². The largest absolute Gasteiger partial charge is 0.462 e. The molecule has 0 saturated heterocycles. The summed E-state index contributed by atoms with van der Waals surface area (Å²) >= 11 is 0. The lowest BCUT2D eigenvalue weighted by molar-refractivity contribution is -0.151. The molecule has 88 valence electrons. The molecule has 0 aromatic carbocycles. The zero-order chi connectivity index (χ0) is 12.0. The topological polar surface area (TPSA) is 52.6 Å². The molecule has 0 unspecified atom stereocenters. The molecule has 0 radical (unpaired) electrons. The monoisotopic (exact) mass is 224 g/mol. The van der Waals surface area contributed by atoms with Gasteiger partial charge < -0.3 is 9.47 Å². The zero-order valence-corrected chi connectivity index (χ0v) is 9.35. The molecule has 1 heterocycles. The van der Waals surface area contributed by atoms with Gasteiger partial charge >= 0.3 is 11.9 Å². The molecule has 0 aromatic rings. The Balaban J connectivity index is 2.47. The summed E-state index contributed by atoms with van der Waals surface area (Å²) in [6, 6.07) is 0. The molecule has 0 aliphatic carbocycles. The van der Waals surface area contributed by atoms with Crippen molar-refractivity contribution in [1.82, 2.24) is 0 Å². The summed E-state index contributed by atoms with van der Waals surface area (Å²) in [5.74, 6) is -0.666. The van der Waals surface area contributed by atoms with Crippen LogP contribution in [0.25, 0.3) is 0 Å². The zero-order valence-electron chi connectivity index (χ0n) is 9.35. The first-order valence-corrected chi connectivity index (χ1v) is 5.27. The van der Waals surface area contributed by atoms with Crippen molar-refractivity contribution in [3.63, 3.8) is 0 Å². The molecule has 0 saturated carbocycles. The van der Waals surface area contributed by atoms with Crippen LogP contribution in [0.1, 0.15) is 26.2 Å². The molecule has 0 aromatic heterocycles. The molecule has 0 bridgehead atoms. The van der Waals surface area contributed by atoms with Crippen molar-refractivity contribution in [2.75, 3.05) is 0 Å². The van der Waals surface area contributed by atoms with Gasteiger partial charge in [-0.15, -0.1) is 6.58 Å². The van der Waals surface area contributed by atoms with Crippen LogP contribution in [0.4, 0.5) is 0 Å². The predicted molar refractivity (Wildman–Crippen MR) is 58.6 cm³/mol. The molecule has 2 atom stereocenters. The average Bonchev–Trinajstić information content (AvgIpc) is 2.16. The second-order valence-electron chi connectivity index (χ2n) is 3.69. The van der Waals surface area contributed by atoms with E-state index in [9.17, 15) is 9.59 Å². The van der Waals surface area contributed by atoms with E-state index in [4.69, 9.17) is 9.47 Å². The van der Waals surface area contributed by atoms with Crippen LogP contribution in [0.5, 0.6) is 0 Å². The van der Waals surface area contributed by atoms with E-state index in [1.807, 2.05) is 0 Å². The Kier molecular flexibility index (Phi) is 4.76. The van der Waals surface area contributed by atoms with Gasteiger partial charge in [0.15, 0.2) is 0 Å². The number of hydrogen-bond acceptors (Lipinski definition) is 4. The van der Waals surface area contributed by atoms with Crippen LogP contribution in [-0.2, 0) is 19.1 Å². The standard InChI is InChI=1S/C12H16O4/c1-3-5-10(15-9(2)13)8-11-6-4-7-12(14)16-11/h3-4,7,10-11H,1,5-6,8H2,2H3/t10-,11-/m1/s1. The third kappa shape index (κ3) is 4.29. The highest BCUT2D eigenvalue weighted by Crippen LogP contribution is 2.17. The summed E-state index contributed by atoms with van der Waals surface area (Å²) in [5, 5.41) is 0. The van der Waals surface area contributed by atoms with Gasteiger partial charge in [-0.3, -0.25) is 4.79 Å². The number of esters is 2. The van der Waals surface area contributed by atoms with E-state index in [1.165, 1.54) is 13.0 Å². The molecule has 4 heteroatoms. The predicted octanol–water partition coefficient (Wildman–Crippen LogP) is 1.76. The summed E-state index contributed by atoms with van der Waals surface area (Å²) in [5.41, 5.74) is 0. The van der Waals surface area contributed by atoms with Gasteiger partial charge in [-0.25, -0.2) is 4.79 Å². The quantitative estimate of drug-likeness (QED) is 0.527. The molecule has 0 spiro atoms. The lowest BCUT2D eigenvalue weighted by Crippen LogP contribution is -2.27. The number of cyclic esters (lactones) is 1. The van der Waals surface area contributed by atoms with E-state index in [2.05, 4.69) is 6.58 Å². The Morgan fingerprint density at radius 1 is 1.81 bits per heavy atom. The lowest BCUT2D eigenvalue weighted by atomic mass is 10.0. The molecule has 1 aliphatic rings. The second kappa shape index (κ2) is 6.10. The maximum Gasteiger partial charge on any atom is 0.330 e. The average molecular weight is 224 g/mol. The molecule has 0 N–H and O–H groups in total. The molecule has 16 heavy (non-hydrogen) atoms. The first kappa shape index (κ1) is 12.5. The van der Waals surface area contributed by atoms with E-state index in [0.717, 1.165) is 0 Å². The Morgan fingerprint density at radius 2 is 2.56 bits per heavy atom. The number of hydrogen-bond donors (Lipinski definition) is 0. The van der Waals surface area contributed by atoms with E-state index in [0.29, 0.717) is 19.3 Å². The van der Waals surface area contributed by atoms with Gasteiger partial charge in [-0.1, -0.05) is 12.2 Å². The van der Waals surface area contributed by atoms with Crippen LogP contribution < -0.4 is 0 Å². The second-order valence-corrected chi connectivity index (χ2v) is 3.69. The van der Waals surface area contributed by atoms with Crippen molar-refractivity contribution in [3.8, 4) is 0 Å². The molecular weight excluding hydrogens is 208 g/mol. The van der Waals surface area contributed by atoms with Gasteiger partial charge in [0, 0.05) is 32.3 Å². The van der Waals surface area contributed by atoms with Crippen LogP contribution in [0, 0.1) is 0 Å². The van der Waals surface area contributed by atoms with Crippen LogP contribution in [0.15, 0.2) is 24.8 Å². The molecule has 1 rings (SSSR count). The minimum Gasteiger partial charge on any atom is -0.462 e. The summed E-state index contributed by atoms with van der Waals surface area (Å²) < 4.78 is 10.2. The summed E-state index contributed by atoms with van der Waals surface area (Å²) in [7, 11) is 0. The van der Waals surface area contributed by atoms with Gasteiger partial charge in [0.05, 0.1) is 0 Å². The van der Waals surface area contributed by atoms with Crippen LogP contribution in [-0.4, -0.2) is 24.1 Å². The number of carbonyl (C=O) groups is 2. The van der Waals surface area contributed by atoms with Crippen LogP contribution >= 0.6 is 0 Å². The van der Waals surface area contributed by atoms with Crippen molar-refractivity contribution in [3.05, 3.63) is 24.8 Å². The van der Waals surface area contributed by atoms with Crippen molar-refractivity contribution in [2.45, 2.75) is 38.4 Å². The van der Waals surface area contributed by atoms with Gasteiger partial charge in [0.1, 0.15) is 12.2 Å². The minimum atomic E-state index is -0.337. The highest BCUT2D eigenvalue weighted by Gasteiger charge is 2.22. The highest BCUT2D eigenvalue weighted by atomic mass is 16.6. The van der Waals surface area contributed by atoms with Crippen molar-refractivity contribution >= 4 is 11.9 Å². The SMILES string of the molecule is C=CC[C@H](C[C@H]1CC=CC(=O)O1)OC(C)=O. The lowest BCUT2D eigenvalue weighted by Gasteiger charge is -2.23. The van der Waals surface area contributed by atoms with Gasteiger partial charge in [0.2, 0.25) is 0 Å². The van der Waals surface area contributed by atoms with E-state index >= 15 is 0 Å². The summed E-state index contributed by atoms with van der Waals surface area (Å²) in [6.07, 6.45) is 6.15. The summed E-state index contributed by atoms with van der Waals surface area (Å²) in [6.45, 7) is 4.97. The fourth-order valence-corrected chi connectivity index (χ4v) is 1.62. The molecule has 4 nitrogen and oxygen atoms in total. The maximum absolute atomic E-state index is 11.0. The van der Waals surface area contributed by atoms with Gasteiger partial charge in [-0.2, -0.15) is 0 Å². The maximum atomic E-state index is 11.0. The third-order valence-corrected chi connectivity index (χ3v) is 2.22. The van der Waals surface area contributed by atoms with Crippen LogP contribution in [0.2, 0.25) is 0 Å². The number of ether oxygens (including phenoxy) is 2. The first-order chi connectivity index (χ1) is 7.61. The summed E-state index contributed by atoms with van der Waals surface area (Å²) in [4.78, 5) is 21.9. The number of carbonyl (C=O) groups excluding carboxylic acids is 2. The van der Waals surface area contributed by atoms with Crippen molar-refractivity contribution in [2.24, 2.45) is 0 Å². The fraction of sp³-hybridized carbons (Fsp3) is 0.500. The Hall–Kier alpha value is -1.58. The highest BCUT2D eigenvalue weighted by molar-refractivity contribution is 5.82. The fourth-order valence-electron chi connectivity index (χ4n) is 1.62. The normalized spacial score (nSPS) is 21.1. The Morgan fingerprint density at radius 3 is 3.12 bits per heavy atom. The van der Waals surface area contributed by atoms with E-state index in [1.54, 1.807) is 12.2 Å². The van der Waals surface area contributed by atoms with Crippen LogP contribution in [0.3, 0.4) is 0 Å². The van der Waals surface area contributed by atoms with Crippen molar-refractivity contribution in [1.29, 1.82) is 0 Å². The Bertz CT molecular complexity index is 306. The van der Waals surface area contributed by atoms with Crippen molar-refractivity contribution < 1.29 is 19.1 Å². The molecule has 1 aliphatic heterocycles. The smallest absolute Gasteiger partial charge is 0.330 e. The van der Waals surface area contributed by atoms with Gasteiger partial charge in [-0.05, 0) is 0 Å². The van der Waals surface area contributed by atoms with Gasteiger partial charge in [0.25, 0.3) is 0 Å². The third-order valence-electron chi connectivity index (χ3n) is 2.22. The number of rotatable bonds is 5. The van der Waals surface area contributed by atoms with E-state index in [-0.39, 0.29) is 24.1 Å². The molecule has 0 fully saturated rings. The minimum absolute atomic E-state index is 0.207.